The van der Waals surface area contributed by atoms with Gasteiger partial charge in [-0.3, -0.25) is 0 Å². The number of benzene rings is 7. The predicted octanol–water partition coefficient (Wildman–Crippen LogP) is 13.4. The summed E-state index contributed by atoms with van der Waals surface area (Å²) in [4.78, 5) is 3.68. The van der Waals surface area contributed by atoms with Gasteiger partial charge in [0.15, 0.2) is 0 Å². The molecule has 0 saturated carbocycles. The van der Waals surface area contributed by atoms with Crippen molar-refractivity contribution in [2.45, 2.75) is 19.3 Å². The number of hydrogen-bond donors (Lipinski definition) is 0. The van der Waals surface area contributed by atoms with Crippen molar-refractivity contribution >= 4 is 60.3 Å². The van der Waals surface area contributed by atoms with E-state index in [0.29, 0.717) is 0 Å². The number of fused-ring (bicyclic) bond motifs is 7. The van der Waals surface area contributed by atoms with E-state index < -0.39 is 0 Å². The van der Waals surface area contributed by atoms with E-state index in [1.165, 1.54) is 70.3 Å². The molecule has 0 radical (unpaired) electrons. The molecule has 238 valence electrons. The van der Waals surface area contributed by atoms with Crippen molar-refractivity contribution in [3.8, 4) is 27.3 Å². The summed E-state index contributed by atoms with van der Waals surface area (Å²) in [5, 5.41) is 3.77. The van der Waals surface area contributed by atoms with Crippen LogP contribution in [0, 0.1) is 0 Å². The lowest BCUT2D eigenvalue weighted by Crippen LogP contribution is -2.16. The number of thiophene rings is 1. The molecule has 50 heavy (non-hydrogen) atoms. The van der Waals surface area contributed by atoms with Crippen molar-refractivity contribution in [2.24, 2.45) is 0 Å². The number of para-hydroxylation sites is 2. The first kappa shape index (κ1) is 29.1. The minimum Gasteiger partial charge on any atom is -0.310 e. The maximum Gasteiger partial charge on any atom is 0.0655 e. The molecule has 2 aromatic heterocycles. The Labute approximate surface area is 296 Å². The van der Waals surface area contributed by atoms with Crippen molar-refractivity contribution < 1.29 is 0 Å². The summed E-state index contributed by atoms with van der Waals surface area (Å²) < 4.78 is 3.72. The van der Waals surface area contributed by atoms with Gasteiger partial charge in [-0.1, -0.05) is 123 Å². The largest absolute Gasteiger partial charge is 0.310 e. The van der Waals surface area contributed by atoms with Gasteiger partial charge in [0.05, 0.1) is 15.7 Å². The van der Waals surface area contributed by atoms with Gasteiger partial charge in [-0.05, 0) is 99.3 Å². The van der Waals surface area contributed by atoms with E-state index in [2.05, 4.69) is 193 Å². The average molecular weight is 659 g/mol. The van der Waals surface area contributed by atoms with Crippen LogP contribution in [0.4, 0.5) is 17.1 Å². The van der Waals surface area contributed by atoms with E-state index >= 15 is 0 Å². The zero-order valence-electron chi connectivity index (χ0n) is 28.0. The van der Waals surface area contributed by atoms with Gasteiger partial charge in [0.25, 0.3) is 0 Å². The monoisotopic (exact) mass is 658 g/mol. The van der Waals surface area contributed by atoms with Crippen molar-refractivity contribution in [2.75, 3.05) is 4.90 Å². The highest BCUT2D eigenvalue weighted by atomic mass is 32.1. The van der Waals surface area contributed by atoms with E-state index in [0.717, 1.165) is 17.1 Å². The third-order valence-electron chi connectivity index (χ3n) is 10.6. The lowest BCUT2D eigenvalue weighted by atomic mass is 9.82. The number of hydrogen-bond acceptors (Lipinski definition) is 2. The van der Waals surface area contributed by atoms with Gasteiger partial charge in [0, 0.05) is 38.4 Å². The maximum absolute atomic E-state index is 2.41. The van der Waals surface area contributed by atoms with E-state index in [4.69, 9.17) is 0 Å². The van der Waals surface area contributed by atoms with E-state index in [9.17, 15) is 0 Å². The van der Waals surface area contributed by atoms with Crippen LogP contribution in [0.15, 0.2) is 170 Å². The van der Waals surface area contributed by atoms with E-state index in [-0.39, 0.29) is 5.41 Å². The van der Waals surface area contributed by atoms with Gasteiger partial charge in [-0.15, -0.1) is 11.3 Å². The first-order chi connectivity index (χ1) is 24.5. The zero-order chi connectivity index (χ0) is 33.4. The minimum absolute atomic E-state index is 0.0767. The molecule has 0 unspecified atom stereocenters. The fraction of sp³-hybridized carbons (Fsp3) is 0.0638. The highest BCUT2D eigenvalue weighted by molar-refractivity contribution is 7.23. The highest BCUT2D eigenvalue weighted by Crippen LogP contribution is 2.51. The zero-order valence-corrected chi connectivity index (χ0v) is 28.8. The molecule has 0 atom stereocenters. The molecule has 2 nitrogen and oxygen atoms in total. The summed E-state index contributed by atoms with van der Waals surface area (Å²) in [5.41, 5.74) is 13.7. The van der Waals surface area contributed by atoms with Crippen LogP contribution >= 0.6 is 11.3 Å². The molecule has 0 amide bonds. The molecule has 0 saturated heterocycles. The van der Waals surface area contributed by atoms with Gasteiger partial charge in [0.1, 0.15) is 0 Å². The van der Waals surface area contributed by atoms with Crippen LogP contribution in [0.3, 0.4) is 0 Å². The Morgan fingerprint density at radius 2 is 1.16 bits per heavy atom. The Kier molecular flexibility index (Phi) is 6.43. The van der Waals surface area contributed by atoms with Gasteiger partial charge in [0.2, 0.25) is 0 Å². The Morgan fingerprint density at radius 3 is 2.02 bits per heavy atom. The Bertz CT molecular complexity index is 2730. The van der Waals surface area contributed by atoms with Crippen molar-refractivity contribution in [1.82, 2.24) is 4.57 Å². The molecule has 0 aliphatic heterocycles. The third-order valence-corrected chi connectivity index (χ3v) is 11.8. The summed E-state index contributed by atoms with van der Waals surface area (Å²) >= 11 is 1.88. The van der Waals surface area contributed by atoms with Crippen LogP contribution in [0.2, 0.25) is 0 Å². The molecular weight excluding hydrogens is 625 g/mol. The van der Waals surface area contributed by atoms with Gasteiger partial charge in [-0.2, -0.15) is 0 Å². The van der Waals surface area contributed by atoms with E-state index in [1.807, 2.05) is 11.3 Å². The van der Waals surface area contributed by atoms with Crippen LogP contribution in [-0.2, 0) is 5.41 Å². The Hall–Kier alpha value is -5.90. The summed E-state index contributed by atoms with van der Waals surface area (Å²) in [5.74, 6) is 0. The fourth-order valence-corrected chi connectivity index (χ4v) is 9.28. The minimum atomic E-state index is -0.0767. The van der Waals surface area contributed by atoms with Crippen molar-refractivity contribution in [3.05, 3.63) is 181 Å². The van der Waals surface area contributed by atoms with Crippen LogP contribution in [0.5, 0.6) is 0 Å². The fourth-order valence-electron chi connectivity index (χ4n) is 8.10. The predicted molar refractivity (Wildman–Crippen MR) is 214 cm³/mol. The average Bonchev–Trinajstić information content (AvgIpc) is 3.80. The first-order valence-corrected chi connectivity index (χ1v) is 18.1. The molecule has 1 aliphatic rings. The number of rotatable bonds is 5. The Balaban J connectivity index is 1.10. The molecule has 9 aromatic rings. The summed E-state index contributed by atoms with van der Waals surface area (Å²) in [6.07, 6.45) is 0. The van der Waals surface area contributed by atoms with Crippen molar-refractivity contribution in [1.29, 1.82) is 0 Å². The number of aromatic nitrogens is 1. The highest BCUT2D eigenvalue weighted by Gasteiger charge is 2.35. The van der Waals surface area contributed by atoms with Crippen LogP contribution in [-0.4, -0.2) is 4.57 Å². The summed E-state index contributed by atoms with van der Waals surface area (Å²) in [6.45, 7) is 4.71. The van der Waals surface area contributed by atoms with Gasteiger partial charge in [-0.25, -0.2) is 0 Å². The second-order valence-corrected chi connectivity index (χ2v) is 14.9. The smallest absolute Gasteiger partial charge is 0.0655 e. The lowest BCUT2D eigenvalue weighted by molar-refractivity contribution is 0.660. The van der Waals surface area contributed by atoms with Gasteiger partial charge >= 0.3 is 0 Å². The van der Waals surface area contributed by atoms with Crippen LogP contribution in [0.1, 0.15) is 25.0 Å². The SMILES string of the molecule is CC1(C)c2ccccc2-c2ccc(N(c3ccc(-c4cc5c(s4)c4ccccc4n5-c4ccccc4)cc3)c3ccc4ccccc4c3)cc21. The third kappa shape index (κ3) is 4.40. The number of anilines is 3. The standard InChI is InChI=1S/C47H34N2S/c1-47(2)41-18-10-8-16-38(41)39-27-26-37(29-42(39)47)48(36-25-20-31-12-6-7-13-33(31)28-36)35-23-21-32(22-24-35)45-30-44-46(50-45)40-17-9-11-19-43(40)49(44)34-14-4-3-5-15-34/h3-30H,1-2H3. The molecule has 0 N–H and O–H groups in total. The summed E-state index contributed by atoms with van der Waals surface area (Å²) in [7, 11) is 0. The molecular formula is C47H34N2S. The maximum atomic E-state index is 2.41. The molecule has 7 aromatic carbocycles. The molecule has 1 aliphatic carbocycles. The molecule has 10 rings (SSSR count). The normalized spacial score (nSPS) is 13.2. The second-order valence-electron chi connectivity index (χ2n) is 13.8. The quantitative estimate of drug-likeness (QED) is 0.179. The molecule has 2 heterocycles. The van der Waals surface area contributed by atoms with Crippen molar-refractivity contribution in [3.63, 3.8) is 0 Å². The van der Waals surface area contributed by atoms with Crippen LogP contribution in [0.25, 0.3) is 59.1 Å². The van der Waals surface area contributed by atoms with Crippen LogP contribution < -0.4 is 4.90 Å². The van der Waals surface area contributed by atoms with Gasteiger partial charge < -0.3 is 9.47 Å². The second kappa shape index (κ2) is 11.1. The van der Waals surface area contributed by atoms with E-state index in [1.54, 1.807) is 0 Å². The molecule has 0 spiro atoms. The molecule has 3 heteroatoms. The number of nitrogens with zero attached hydrogens (tertiary/aromatic N) is 2. The molecule has 0 fully saturated rings. The topological polar surface area (TPSA) is 8.17 Å². The Morgan fingerprint density at radius 1 is 0.500 bits per heavy atom. The molecule has 0 bridgehead atoms. The summed E-state index contributed by atoms with van der Waals surface area (Å²) in [6, 6.07) is 62.3. The lowest BCUT2D eigenvalue weighted by Gasteiger charge is -2.28. The first-order valence-electron chi connectivity index (χ1n) is 17.3.